The number of benzene rings is 2. The molecule has 0 heterocycles. The topological polar surface area (TPSA) is 63.2 Å². The first-order valence-electron chi connectivity index (χ1n) is 6.88. The Balaban J connectivity index is 1.79. The van der Waals surface area contributed by atoms with Gasteiger partial charge in [0.2, 0.25) is 0 Å². The van der Waals surface area contributed by atoms with Crippen LogP contribution in [0.25, 0.3) is 0 Å². The number of Topliss-reactive ketones (excluding diaryl/α,β-unsaturated/α-hetero) is 1. The molecular weight excluding hydrogens is 278 g/mol. The smallest absolute Gasteiger partial charge is 0.255 e. The van der Waals surface area contributed by atoms with Crippen molar-refractivity contribution in [3.8, 4) is 0 Å². The van der Waals surface area contributed by atoms with Crippen molar-refractivity contribution in [1.29, 1.82) is 0 Å². The molecule has 4 nitrogen and oxygen atoms in total. The van der Waals surface area contributed by atoms with Crippen LogP contribution in [-0.4, -0.2) is 17.5 Å². The zero-order chi connectivity index (χ0) is 15.5. The van der Waals surface area contributed by atoms with E-state index in [1.54, 1.807) is 24.3 Å². The molecule has 0 saturated heterocycles. The van der Waals surface area contributed by atoms with Gasteiger partial charge >= 0.3 is 0 Å². The molecule has 3 rings (SSSR count). The van der Waals surface area contributed by atoms with E-state index in [9.17, 15) is 14.4 Å². The minimum absolute atomic E-state index is 0.111. The summed E-state index contributed by atoms with van der Waals surface area (Å²) in [5, 5.41) is 2.67. The SMILES string of the molecule is O=C(NCc1ccccc1)C1=CC(=O)c2ccccc2C1=O. The summed E-state index contributed by atoms with van der Waals surface area (Å²) in [7, 11) is 0. The van der Waals surface area contributed by atoms with Crippen molar-refractivity contribution >= 4 is 17.5 Å². The summed E-state index contributed by atoms with van der Waals surface area (Å²) in [5.74, 6) is -1.27. The van der Waals surface area contributed by atoms with E-state index in [-0.39, 0.29) is 16.9 Å². The number of rotatable bonds is 3. The van der Waals surface area contributed by atoms with Gasteiger partial charge in [-0.05, 0) is 5.56 Å². The van der Waals surface area contributed by atoms with Crippen LogP contribution in [0.5, 0.6) is 0 Å². The number of hydrogen-bond donors (Lipinski definition) is 1. The van der Waals surface area contributed by atoms with Gasteiger partial charge < -0.3 is 5.32 Å². The first-order chi connectivity index (χ1) is 10.7. The molecule has 0 fully saturated rings. The van der Waals surface area contributed by atoms with Crippen molar-refractivity contribution in [3.05, 3.63) is 82.9 Å². The number of nitrogens with one attached hydrogen (secondary N) is 1. The number of allylic oxidation sites excluding steroid dienone is 1. The summed E-state index contributed by atoms with van der Waals surface area (Å²) in [6.07, 6.45) is 1.12. The Morgan fingerprint density at radius 2 is 1.50 bits per heavy atom. The lowest BCUT2D eigenvalue weighted by atomic mass is 9.89. The Morgan fingerprint density at radius 1 is 0.864 bits per heavy atom. The highest BCUT2D eigenvalue weighted by atomic mass is 16.2. The van der Waals surface area contributed by atoms with E-state index in [1.165, 1.54) is 0 Å². The molecule has 0 bridgehead atoms. The van der Waals surface area contributed by atoms with Crippen molar-refractivity contribution < 1.29 is 14.4 Å². The number of ketones is 2. The van der Waals surface area contributed by atoms with Crippen LogP contribution in [0, 0.1) is 0 Å². The second-order valence-corrected chi connectivity index (χ2v) is 4.97. The maximum absolute atomic E-state index is 12.3. The predicted molar refractivity (Wildman–Crippen MR) is 81.5 cm³/mol. The zero-order valence-corrected chi connectivity index (χ0v) is 11.7. The molecule has 0 saturated carbocycles. The minimum Gasteiger partial charge on any atom is -0.348 e. The molecule has 0 unspecified atom stereocenters. The van der Waals surface area contributed by atoms with Gasteiger partial charge in [-0.1, -0.05) is 54.6 Å². The quantitative estimate of drug-likeness (QED) is 0.883. The summed E-state index contributed by atoms with van der Waals surface area (Å²) < 4.78 is 0. The summed E-state index contributed by atoms with van der Waals surface area (Å²) >= 11 is 0. The van der Waals surface area contributed by atoms with Gasteiger partial charge in [-0.25, -0.2) is 0 Å². The molecule has 0 aliphatic heterocycles. The highest BCUT2D eigenvalue weighted by molar-refractivity contribution is 6.34. The van der Waals surface area contributed by atoms with Gasteiger partial charge in [-0.15, -0.1) is 0 Å². The predicted octanol–water partition coefficient (Wildman–Crippen LogP) is 2.31. The van der Waals surface area contributed by atoms with Crippen LogP contribution >= 0.6 is 0 Å². The summed E-state index contributed by atoms with van der Waals surface area (Å²) in [6, 6.07) is 15.9. The Kier molecular flexibility index (Phi) is 3.66. The lowest BCUT2D eigenvalue weighted by Crippen LogP contribution is -2.31. The van der Waals surface area contributed by atoms with Crippen LogP contribution in [0.1, 0.15) is 26.3 Å². The molecule has 4 heteroatoms. The van der Waals surface area contributed by atoms with Crippen LogP contribution in [-0.2, 0) is 11.3 Å². The zero-order valence-electron chi connectivity index (χ0n) is 11.7. The van der Waals surface area contributed by atoms with Crippen molar-refractivity contribution in [2.24, 2.45) is 0 Å². The fourth-order valence-electron chi connectivity index (χ4n) is 2.36. The van der Waals surface area contributed by atoms with E-state index in [0.29, 0.717) is 12.1 Å². The number of amides is 1. The Bertz CT molecular complexity index is 791. The van der Waals surface area contributed by atoms with E-state index in [0.717, 1.165) is 11.6 Å². The third-order valence-electron chi connectivity index (χ3n) is 3.50. The lowest BCUT2D eigenvalue weighted by molar-refractivity contribution is -0.117. The van der Waals surface area contributed by atoms with Crippen molar-refractivity contribution in [2.75, 3.05) is 0 Å². The number of carbonyl (C=O) groups is 3. The highest BCUT2D eigenvalue weighted by Crippen LogP contribution is 2.21. The Hall–Kier alpha value is -3.01. The maximum Gasteiger partial charge on any atom is 0.255 e. The van der Waals surface area contributed by atoms with Gasteiger partial charge in [0.1, 0.15) is 0 Å². The standard InChI is InChI=1S/C18H13NO3/c20-16-10-15(17(21)14-9-5-4-8-13(14)16)18(22)19-11-12-6-2-1-3-7-12/h1-10H,11H2,(H,19,22). The fraction of sp³-hybridized carbons (Fsp3) is 0.0556. The number of carbonyl (C=O) groups excluding carboxylic acids is 3. The molecule has 1 amide bonds. The number of hydrogen-bond acceptors (Lipinski definition) is 3. The maximum atomic E-state index is 12.3. The van der Waals surface area contributed by atoms with Crippen LogP contribution in [0.3, 0.4) is 0 Å². The van der Waals surface area contributed by atoms with Gasteiger partial charge in [0.25, 0.3) is 5.91 Å². The molecule has 0 atom stereocenters. The van der Waals surface area contributed by atoms with Crippen LogP contribution in [0.4, 0.5) is 0 Å². The molecule has 0 aromatic heterocycles. The summed E-state index contributed by atoms with van der Waals surface area (Å²) in [4.78, 5) is 36.5. The number of fused-ring (bicyclic) bond motifs is 1. The van der Waals surface area contributed by atoms with E-state index in [4.69, 9.17) is 0 Å². The molecule has 1 N–H and O–H groups in total. The molecule has 1 aliphatic carbocycles. The van der Waals surface area contributed by atoms with Gasteiger partial charge in [0.15, 0.2) is 11.6 Å². The molecular formula is C18H13NO3. The molecule has 1 aliphatic rings. The average Bonchev–Trinajstić information content (AvgIpc) is 2.57. The second-order valence-electron chi connectivity index (χ2n) is 4.97. The molecule has 0 spiro atoms. The first kappa shape index (κ1) is 13.9. The minimum atomic E-state index is -0.531. The molecule has 108 valence electrons. The van der Waals surface area contributed by atoms with Crippen LogP contribution < -0.4 is 5.32 Å². The third kappa shape index (κ3) is 2.59. The Morgan fingerprint density at radius 3 is 2.23 bits per heavy atom. The van der Waals surface area contributed by atoms with E-state index >= 15 is 0 Å². The first-order valence-corrected chi connectivity index (χ1v) is 6.88. The molecule has 2 aromatic carbocycles. The second kappa shape index (κ2) is 5.77. The highest BCUT2D eigenvalue weighted by Gasteiger charge is 2.28. The van der Waals surface area contributed by atoms with Crippen molar-refractivity contribution in [3.63, 3.8) is 0 Å². The normalized spacial score (nSPS) is 13.4. The van der Waals surface area contributed by atoms with E-state index in [1.807, 2.05) is 30.3 Å². The van der Waals surface area contributed by atoms with Crippen LogP contribution in [0.15, 0.2) is 66.2 Å². The molecule has 0 radical (unpaired) electrons. The monoisotopic (exact) mass is 291 g/mol. The summed E-state index contributed by atoms with van der Waals surface area (Å²) in [6.45, 7) is 0.306. The van der Waals surface area contributed by atoms with E-state index < -0.39 is 11.7 Å². The molecule has 22 heavy (non-hydrogen) atoms. The van der Waals surface area contributed by atoms with Gasteiger partial charge in [-0.3, -0.25) is 14.4 Å². The van der Waals surface area contributed by atoms with Crippen molar-refractivity contribution in [1.82, 2.24) is 5.32 Å². The fourth-order valence-corrected chi connectivity index (χ4v) is 2.36. The largest absolute Gasteiger partial charge is 0.348 e. The third-order valence-corrected chi connectivity index (χ3v) is 3.50. The van der Waals surface area contributed by atoms with Gasteiger partial charge in [-0.2, -0.15) is 0 Å². The summed E-state index contributed by atoms with van der Waals surface area (Å²) in [5.41, 5.74) is 1.43. The van der Waals surface area contributed by atoms with Gasteiger partial charge in [0.05, 0.1) is 5.57 Å². The Labute approximate surface area is 127 Å². The molecule has 2 aromatic rings. The van der Waals surface area contributed by atoms with Gasteiger partial charge in [0, 0.05) is 23.7 Å². The average molecular weight is 291 g/mol. The van der Waals surface area contributed by atoms with Crippen LogP contribution in [0.2, 0.25) is 0 Å². The lowest BCUT2D eigenvalue weighted by Gasteiger charge is -2.14. The van der Waals surface area contributed by atoms with Crippen molar-refractivity contribution in [2.45, 2.75) is 6.54 Å². The van der Waals surface area contributed by atoms with E-state index in [2.05, 4.69) is 5.32 Å².